The van der Waals surface area contributed by atoms with Gasteiger partial charge in [0.15, 0.2) is 11.0 Å². The van der Waals surface area contributed by atoms with Gasteiger partial charge in [0, 0.05) is 6.54 Å². The van der Waals surface area contributed by atoms with Gasteiger partial charge in [0.05, 0.1) is 29.7 Å². The van der Waals surface area contributed by atoms with E-state index in [2.05, 4.69) is 15.5 Å². The summed E-state index contributed by atoms with van der Waals surface area (Å²) in [5.41, 5.74) is 3.97. The van der Waals surface area contributed by atoms with Crippen LogP contribution in [-0.4, -0.2) is 50.4 Å². The number of nitrogens with zero attached hydrogens (tertiary/aromatic N) is 5. The van der Waals surface area contributed by atoms with Gasteiger partial charge in [0.1, 0.15) is 5.84 Å². The fraction of sp³-hybridized carbons (Fsp3) is 0.200. The number of amidine groups is 2. The second-order valence-corrected chi connectivity index (χ2v) is 6.18. The average molecular weight is 341 g/mol. The third-order valence-corrected chi connectivity index (χ3v) is 4.73. The molecule has 3 N–H and O–H groups in total. The highest BCUT2D eigenvalue weighted by Gasteiger charge is 2.32. The van der Waals surface area contributed by atoms with Gasteiger partial charge in [-0.15, -0.1) is 0 Å². The molecule has 0 fully saturated rings. The van der Waals surface area contributed by atoms with Crippen molar-refractivity contribution in [1.82, 2.24) is 20.1 Å². The molecular formula is C15H15N7OS. The molecule has 0 saturated carbocycles. The first-order chi connectivity index (χ1) is 11.8. The van der Waals surface area contributed by atoms with E-state index in [1.165, 1.54) is 11.8 Å². The number of nitrogens with one attached hydrogen (secondary N) is 1. The third kappa shape index (κ3) is 2.47. The zero-order valence-corrected chi connectivity index (χ0v) is 13.5. The highest BCUT2D eigenvalue weighted by atomic mass is 32.2. The second-order valence-electron chi connectivity index (χ2n) is 5.24. The number of carbonyl (C=O) groups excluding carboxylic acids is 1. The van der Waals surface area contributed by atoms with Gasteiger partial charge in [-0.2, -0.15) is 5.10 Å². The number of hydrogen-bond acceptors (Lipinski definition) is 7. The highest BCUT2D eigenvalue weighted by Crippen LogP contribution is 2.33. The predicted molar refractivity (Wildman–Crippen MR) is 93.6 cm³/mol. The molecule has 0 radical (unpaired) electrons. The molecule has 2 aromatic rings. The van der Waals surface area contributed by atoms with Gasteiger partial charge in [-0.25, -0.2) is 15.5 Å². The average Bonchev–Trinajstić information content (AvgIpc) is 3.26. The summed E-state index contributed by atoms with van der Waals surface area (Å²) in [6.45, 7) is 1.45. The maximum atomic E-state index is 11.5. The molecule has 0 bridgehead atoms. The van der Waals surface area contributed by atoms with Crippen LogP contribution in [0, 0.1) is 0 Å². The maximum absolute atomic E-state index is 11.5. The monoisotopic (exact) mass is 341 g/mol. The number of para-hydroxylation sites is 1. The summed E-state index contributed by atoms with van der Waals surface area (Å²) in [5.74, 6) is 6.69. The van der Waals surface area contributed by atoms with Crippen molar-refractivity contribution in [3.63, 3.8) is 0 Å². The fourth-order valence-electron chi connectivity index (χ4n) is 2.66. The van der Waals surface area contributed by atoms with Gasteiger partial charge in [-0.1, -0.05) is 30.0 Å². The van der Waals surface area contributed by atoms with Crippen LogP contribution in [0.25, 0.3) is 5.69 Å². The number of fused-ring (bicyclic) bond motifs is 3. The molecule has 8 nitrogen and oxygen atoms in total. The van der Waals surface area contributed by atoms with Crippen molar-refractivity contribution in [2.75, 3.05) is 18.8 Å². The molecule has 122 valence electrons. The number of aromatic nitrogens is 2. The van der Waals surface area contributed by atoms with Crippen molar-refractivity contribution in [3.05, 3.63) is 42.1 Å². The normalized spacial score (nSPS) is 15.5. The molecule has 24 heavy (non-hydrogen) atoms. The van der Waals surface area contributed by atoms with Crippen LogP contribution in [0.15, 0.2) is 46.5 Å². The van der Waals surface area contributed by atoms with E-state index in [-0.39, 0.29) is 11.7 Å². The molecule has 2 aliphatic heterocycles. The summed E-state index contributed by atoms with van der Waals surface area (Å²) in [6.07, 6.45) is 1.79. The van der Waals surface area contributed by atoms with Gasteiger partial charge < -0.3 is 4.90 Å². The van der Waals surface area contributed by atoms with E-state index in [9.17, 15) is 4.79 Å². The summed E-state index contributed by atoms with van der Waals surface area (Å²) in [7, 11) is 0. The van der Waals surface area contributed by atoms with Gasteiger partial charge in [-0.05, 0) is 12.1 Å². The highest BCUT2D eigenvalue weighted by molar-refractivity contribution is 8.14. The minimum Gasteiger partial charge on any atom is -0.303 e. The van der Waals surface area contributed by atoms with Crippen LogP contribution >= 0.6 is 11.8 Å². The predicted octanol–water partition coefficient (Wildman–Crippen LogP) is 0.659. The van der Waals surface area contributed by atoms with E-state index in [0.717, 1.165) is 34.6 Å². The molecule has 0 spiro atoms. The molecule has 1 aromatic carbocycles. The Balaban J connectivity index is 1.75. The summed E-state index contributed by atoms with van der Waals surface area (Å²) in [5, 5.41) is 5.20. The second kappa shape index (κ2) is 6.10. The molecule has 3 heterocycles. The van der Waals surface area contributed by atoms with Crippen molar-refractivity contribution in [3.8, 4) is 5.69 Å². The lowest BCUT2D eigenvalue weighted by Gasteiger charge is -2.25. The molecule has 0 atom stereocenters. The van der Waals surface area contributed by atoms with Crippen LogP contribution in [0.3, 0.4) is 0 Å². The Morgan fingerprint density at radius 3 is 2.96 bits per heavy atom. The summed E-state index contributed by atoms with van der Waals surface area (Å²) in [4.78, 5) is 22.8. The number of amides is 1. The zero-order valence-electron chi connectivity index (χ0n) is 12.7. The molecule has 0 unspecified atom stereocenters. The largest absolute Gasteiger partial charge is 0.303 e. The smallest absolute Gasteiger partial charge is 0.244 e. The van der Waals surface area contributed by atoms with Crippen LogP contribution in [0.2, 0.25) is 0 Å². The molecule has 0 saturated heterocycles. The quantitative estimate of drug-likeness (QED) is 0.485. The Labute approximate surface area is 142 Å². The first-order valence-electron chi connectivity index (χ1n) is 7.44. The van der Waals surface area contributed by atoms with E-state index in [1.54, 1.807) is 10.9 Å². The molecule has 0 aliphatic carbocycles. The van der Waals surface area contributed by atoms with Crippen molar-refractivity contribution in [1.29, 1.82) is 0 Å². The van der Waals surface area contributed by atoms with E-state index in [4.69, 9.17) is 10.8 Å². The number of hydrogen-bond donors (Lipinski definition) is 2. The lowest BCUT2D eigenvalue weighted by atomic mass is 10.2. The summed E-state index contributed by atoms with van der Waals surface area (Å²) >= 11 is 1.34. The van der Waals surface area contributed by atoms with E-state index >= 15 is 0 Å². The number of hydrazine groups is 1. The van der Waals surface area contributed by atoms with Crippen LogP contribution in [0.1, 0.15) is 5.56 Å². The van der Waals surface area contributed by atoms with Crippen molar-refractivity contribution in [2.45, 2.75) is 0 Å². The molecule has 2 aliphatic rings. The van der Waals surface area contributed by atoms with Crippen LogP contribution in [0.4, 0.5) is 5.82 Å². The van der Waals surface area contributed by atoms with Gasteiger partial charge >= 0.3 is 0 Å². The molecule has 9 heteroatoms. The van der Waals surface area contributed by atoms with E-state index in [0.29, 0.717) is 6.54 Å². The van der Waals surface area contributed by atoms with Crippen LogP contribution in [-0.2, 0) is 4.79 Å². The minimum absolute atomic E-state index is 0.202. The topological polar surface area (TPSA) is 101 Å². The van der Waals surface area contributed by atoms with Gasteiger partial charge in [-0.3, -0.25) is 15.2 Å². The molecule has 4 rings (SSSR count). The van der Waals surface area contributed by atoms with E-state index < -0.39 is 0 Å². The third-order valence-electron chi connectivity index (χ3n) is 3.75. The Hall–Kier alpha value is -2.65. The van der Waals surface area contributed by atoms with Crippen LogP contribution in [0.5, 0.6) is 0 Å². The lowest BCUT2D eigenvalue weighted by Crippen LogP contribution is -2.37. The number of rotatable bonds is 3. The van der Waals surface area contributed by atoms with Crippen molar-refractivity contribution < 1.29 is 4.79 Å². The Morgan fingerprint density at radius 2 is 2.17 bits per heavy atom. The Bertz CT molecular complexity index is 843. The molecular weight excluding hydrogens is 326 g/mol. The van der Waals surface area contributed by atoms with E-state index in [1.807, 2.05) is 35.2 Å². The minimum atomic E-state index is -0.247. The van der Waals surface area contributed by atoms with Crippen molar-refractivity contribution >= 4 is 34.5 Å². The lowest BCUT2D eigenvalue weighted by molar-refractivity contribution is -0.118. The first-order valence-corrected chi connectivity index (χ1v) is 8.43. The molecule has 1 amide bonds. The summed E-state index contributed by atoms with van der Waals surface area (Å²) < 4.78 is 1.79. The number of benzene rings is 1. The molecule has 1 aromatic heterocycles. The fourth-order valence-corrected chi connectivity index (χ4v) is 3.49. The number of carbonyl (C=O) groups is 1. The first kappa shape index (κ1) is 14.9. The van der Waals surface area contributed by atoms with Crippen LogP contribution < -0.4 is 11.3 Å². The number of thioether (sulfide) groups is 1. The summed E-state index contributed by atoms with van der Waals surface area (Å²) in [6, 6.07) is 9.81. The SMILES string of the molecule is NNC(=O)CSC1=Nc2c(cnn2-c2ccccc2)C2=NCCN12. The standard InChI is InChI=1S/C15H15N7OS/c16-20-12(23)9-24-15-19-14-11(13-17-6-7-21(13)15)8-18-22(14)10-4-2-1-3-5-10/h1-5,8H,6-7,9,16H2,(H,20,23). The Kier molecular flexibility index (Phi) is 3.79. The van der Waals surface area contributed by atoms with Gasteiger partial charge in [0.25, 0.3) is 0 Å². The maximum Gasteiger partial charge on any atom is 0.244 e. The number of nitrogens with two attached hydrogens (primary N) is 1. The van der Waals surface area contributed by atoms with Gasteiger partial charge in [0.2, 0.25) is 5.91 Å². The number of aliphatic imine (C=N–C) groups is 2. The Morgan fingerprint density at radius 1 is 1.33 bits per heavy atom. The zero-order chi connectivity index (χ0) is 16.5. The van der Waals surface area contributed by atoms with Crippen molar-refractivity contribution in [2.24, 2.45) is 15.8 Å².